The van der Waals surface area contributed by atoms with E-state index in [4.69, 9.17) is 9.84 Å². The minimum atomic E-state index is -0.993. The molecule has 1 rings (SSSR count). The number of carbonyl (C=O) groups excluding carboxylic acids is 1. The lowest BCUT2D eigenvalue weighted by atomic mass is 10.1. The van der Waals surface area contributed by atoms with E-state index >= 15 is 0 Å². The van der Waals surface area contributed by atoms with Crippen LogP contribution in [0.2, 0.25) is 0 Å². The second-order valence-corrected chi connectivity index (χ2v) is 4.72. The van der Waals surface area contributed by atoms with Crippen molar-refractivity contribution in [2.45, 2.75) is 26.4 Å². The van der Waals surface area contributed by atoms with Crippen LogP contribution < -0.4 is 0 Å². The first-order chi connectivity index (χ1) is 7.85. The van der Waals surface area contributed by atoms with E-state index in [1.807, 2.05) is 13.8 Å². The van der Waals surface area contributed by atoms with E-state index in [0.717, 1.165) is 0 Å². The monoisotopic (exact) mass is 244 g/mol. The summed E-state index contributed by atoms with van der Waals surface area (Å²) in [5, 5.41) is 8.73. The standard InChI is InChI=1S/C11H20N2O4/c1-4-12(7-9(14)15)10(16)13-5-6-17-11(2,3)8-13/h4-8H2,1-3H3,(H,14,15). The number of urea groups is 1. The van der Waals surface area contributed by atoms with Gasteiger partial charge in [0.2, 0.25) is 0 Å². The number of carboxylic acids is 1. The Kier molecular flexibility index (Phi) is 4.34. The zero-order chi connectivity index (χ0) is 13.1. The van der Waals surface area contributed by atoms with Crippen molar-refractivity contribution in [3.8, 4) is 0 Å². The molecule has 6 heteroatoms. The molecule has 0 aromatic heterocycles. The number of ether oxygens (including phenoxy) is 1. The Morgan fingerprint density at radius 3 is 2.59 bits per heavy atom. The lowest BCUT2D eigenvalue weighted by Gasteiger charge is -2.39. The van der Waals surface area contributed by atoms with Crippen molar-refractivity contribution in [1.29, 1.82) is 0 Å². The van der Waals surface area contributed by atoms with Crippen molar-refractivity contribution < 1.29 is 19.4 Å². The molecule has 1 N–H and O–H groups in total. The van der Waals surface area contributed by atoms with Crippen LogP contribution in [-0.2, 0) is 9.53 Å². The number of rotatable bonds is 3. The molecule has 17 heavy (non-hydrogen) atoms. The molecule has 1 fully saturated rings. The largest absolute Gasteiger partial charge is 0.480 e. The van der Waals surface area contributed by atoms with Gasteiger partial charge in [-0.1, -0.05) is 0 Å². The molecule has 2 amide bonds. The highest BCUT2D eigenvalue weighted by molar-refractivity contribution is 5.80. The summed E-state index contributed by atoms with van der Waals surface area (Å²) in [6.45, 7) is 7.23. The van der Waals surface area contributed by atoms with E-state index in [-0.39, 0.29) is 18.2 Å². The van der Waals surface area contributed by atoms with Gasteiger partial charge in [0.1, 0.15) is 6.54 Å². The molecule has 0 spiro atoms. The van der Waals surface area contributed by atoms with E-state index in [0.29, 0.717) is 26.2 Å². The quantitative estimate of drug-likeness (QED) is 0.790. The Bertz CT molecular complexity index is 304. The van der Waals surface area contributed by atoms with Crippen molar-refractivity contribution in [1.82, 2.24) is 9.80 Å². The topological polar surface area (TPSA) is 70.1 Å². The fourth-order valence-corrected chi connectivity index (χ4v) is 1.86. The average molecular weight is 244 g/mol. The molecule has 6 nitrogen and oxygen atoms in total. The van der Waals surface area contributed by atoms with E-state index in [1.54, 1.807) is 11.8 Å². The summed E-state index contributed by atoms with van der Waals surface area (Å²) in [4.78, 5) is 25.7. The van der Waals surface area contributed by atoms with Gasteiger partial charge in [0.25, 0.3) is 0 Å². The third kappa shape index (κ3) is 3.89. The Morgan fingerprint density at radius 1 is 1.47 bits per heavy atom. The summed E-state index contributed by atoms with van der Waals surface area (Å²) in [7, 11) is 0. The van der Waals surface area contributed by atoms with Crippen molar-refractivity contribution in [3.05, 3.63) is 0 Å². The highest BCUT2D eigenvalue weighted by Gasteiger charge is 2.32. The first-order valence-corrected chi connectivity index (χ1v) is 5.75. The van der Waals surface area contributed by atoms with Gasteiger partial charge in [-0.05, 0) is 20.8 Å². The van der Waals surface area contributed by atoms with Gasteiger partial charge in [-0.2, -0.15) is 0 Å². The molecule has 0 aliphatic carbocycles. The lowest BCUT2D eigenvalue weighted by molar-refractivity contribution is -0.137. The number of morpholine rings is 1. The number of amides is 2. The third-order valence-corrected chi connectivity index (χ3v) is 2.67. The molecule has 1 aliphatic heterocycles. The molecule has 1 heterocycles. The minimum absolute atomic E-state index is 0.230. The van der Waals surface area contributed by atoms with Crippen LogP contribution in [0.25, 0.3) is 0 Å². The molecule has 0 unspecified atom stereocenters. The zero-order valence-electron chi connectivity index (χ0n) is 10.6. The molecular weight excluding hydrogens is 224 g/mol. The Hall–Kier alpha value is -1.30. The highest BCUT2D eigenvalue weighted by Crippen LogP contribution is 2.17. The van der Waals surface area contributed by atoms with Gasteiger partial charge in [-0.25, -0.2) is 4.79 Å². The van der Waals surface area contributed by atoms with Crippen LogP contribution in [0.1, 0.15) is 20.8 Å². The fraction of sp³-hybridized carbons (Fsp3) is 0.818. The normalized spacial score (nSPS) is 18.9. The molecule has 0 atom stereocenters. The van der Waals surface area contributed by atoms with Gasteiger partial charge in [0, 0.05) is 13.1 Å². The Balaban J connectivity index is 2.64. The number of likely N-dealkylation sites (N-methyl/N-ethyl adjacent to an activating group) is 1. The maximum absolute atomic E-state index is 12.1. The van der Waals surface area contributed by atoms with Crippen LogP contribution in [0.15, 0.2) is 0 Å². The van der Waals surface area contributed by atoms with Crippen LogP contribution in [0.5, 0.6) is 0 Å². The summed E-state index contributed by atoms with van der Waals surface area (Å²) < 4.78 is 5.51. The second kappa shape index (κ2) is 5.35. The van der Waals surface area contributed by atoms with E-state index < -0.39 is 5.97 Å². The molecule has 1 aliphatic rings. The predicted octanol–water partition coefficient (Wildman–Crippen LogP) is 0.624. The summed E-state index contributed by atoms with van der Waals surface area (Å²) in [5.41, 5.74) is -0.365. The average Bonchev–Trinajstić information content (AvgIpc) is 2.23. The van der Waals surface area contributed by atoms with Gasteiger partial charge in [-0.3, -0.25) is 4.79 Å². The lowest BCUT2D eigenvalue weighted by Crippen LogP contribution is -2.55. The third-order valence-electron chi connectivity index (χ3n) is 2.67. The summed E-state index contributed by atoms with van der Waals surface area (Å²) in [6.07, 6.45) is 0. The summed E-state index contributed by atoms with van der Waals surface area (Å²) >= 11 is 0. The summed E-state index contributed by atoms with van der Waals surface area (Å²) in [5.74, 6) is -0.993. The predicted molar refractivity (Wildman–Crippen MR) is 61.9 cm³/mol. The molecule has 98 valence electrons. The van der Waals surface area contributed by atoms with Gasteiger partial charge in [-0.15, -0.1) is 0 Å². The molecule has 0 saturated carbocycles. The highest BCUT2D eigenvalue weighted by atomic mass is 16.5. The minimum Gasteiger partial charge on any atom is -0.480 e. The van der Waals surface area contributed by atoms with E-state index in [9.17, 15) is 9.59 Å². The van der Waals surface area contributed by atoms with Gasteiger partial charge in [0.05, 0.1) is 18.8 Å². The van der Waals surface area contributed by atoms with Gasteiger partial charge < -0.3 is 19.6 Å². The smallest absolute Gasteiger partial charge is 0.323 e. The Labute approximate surface area is 101 Å². The number of aliphatic carboxylic acids is 1. The maximum atomic E-state index is 12.1. The number of hydrogen-bond acceptors (Lipinski definition) is 3. The SMILES string of the molecule is CCN(CC(=O)O)C(=O)N1CCOC(C)(C)C1. The number of nitrogens with zero attached hydrogens (tertiary/aromatic N) is 2. The molecule has 0 aromatic carbocycles. The number of carboxylic acid groups (broad SMARTS) is 1. The fourth-order valence-electron chi connectivity index (χ4n) is 1.86. The van der Waals surface area contributed by atoms with E-state index in [2.05, 4.69) is 0 Å². The van der Waals surface area contributed by atoms with Crippen molar-refractivity contribution >= 4 is 12.0 Å². The molecular formula is C11H20N2O4. The van der Waals surface area contributed by atoms with Crippen LogP contribution in [-0.4, -0.2) is 65.3 Å². The molecule has 0 bridgehead atoms. The first-order valence-electron chi connectivity index (χ1n) is 5.75. The summed E-state index contributed by atoms with van der Waals surface area (Å²) in [6, 6.07) is -0.230. The molecule has 0 aromatic rings. The maximum Gasteiger partial charge on any atom is 0.323 e. The molecule has 0 radical (unpaired) electrons. The number of hydrogen-bond donors (Lipinski definition) is 1. The van der Waals surface area contributed by atoms with Crippen LogP contribution >= 0.6 is 0 Å². The van der Waals surface area contributed by atoms with Crippen molar-refractivity contribution in [2.24, 2.45) is 0 Å². The van der Waals surface area contributed by atoms with Gasteiger partial charge in [0.15, 0.2) is 0 Å². The van der Waals surface area contributed by atoms with Gasteiger partial charge >= 0.3 is 12.0 Å². The molecule has 1 saturated heterocycles. The van der Waals surface area contributed by atoms with Crippen molar-refractivity contribution in [3.63, 3.8) is 0 Å². The van der Waals surface area contributed by atoms with Crippen LogP contribution in [0.4, 0.5) is 4.79 Å². The Morgan fingerprint density at radius 2 is 2.12 bits per heavy atom. The van der Waals surface area contributed by atoms with Crippen LogP contribution in [0, 0.1) is 0 Å². The number of carbonyl (C=O) groups is 2. The second-order valence-electron chi connectivity index (χ2n) is 4.72. The van der Waals surface area contributed by atoms with E-state index in [1.165, 1.54) is 4.90 Å². The zero-order valence-corrected chi connectivity index (χ0v) is 10.6. The first kappa shape index (κ1) is 13.8. The van der Waals surface area contributed by atoms with Crippen molar-refractivity contribution in [2.75, 3.05) is 32.8 Å². The van der Waals surface area contributed by atoms with Crippen LogP contribution in [0.3, 0.4) is 0 Å².